The van der Waals surface area contributed by atoms with E-state index < -0.39 is 5.92 Å². The number of Topliss-reactive ketones (excluding diaryl/α,β-unsaturated/α-hetero) is 1. The van der Waals surface area contributed by atoms with Crippen molar-refractivity contribution in [3.63, 3.8) is 0 Å². The Morgan fingerprint density at radius 2 is 1.82 bits per heavy atom. The molecular weight excluding hydrogens is 444 g/mol. The highest BCUT2D eigenvalue weighted by molar-refractivity contribution is 7.98. The van der Waals surface area contributed by atoms with Gasteiger partial charge in [-0.05, 0) is 49.3 Å². The van der Waals surface area contributed by atoms with Gasteiger partial charge in [0.05, 0.1) is 5.56 Å². The normalized spacial score (nSPS) is 17.1. The summed E-state index contributed by atoms with van der Waals surface area (Å²) in [6.07, 6.45) is 4.00. The summed E-state index contributed by atoms with van der Waals surface area (Å²) in [5.41, 5.74) is 5.25. The van der Waals surface area contributed by atoms with Crippen molar-refractivity contribution in [2.45, 2.75) is 43.8 Å². The Balaban J connectivity index is 1.55. The summed E-state index contributed by atoms with van der Waals surface area (Å²) in [6, 6.07) is 18.7. The van der Waals surface area contributed by atoms with Crippen molar-refractivity contribution in [1.29, 1.82) is 0 Å². The molecule has 0 radical (unpaired) electrons. The van der Waals surface area contributed by atoms with Crippen LogP contribution in [0.2, 0.25) is 0 Å². The van der Waals surface area contributed by atoms with Gasteiger partial charge in [-0.15, -0.1) is 0 Å². The van der Waals surface area contributed by atoms with E-state index in [1.807, 2.05) is 12.3 Å². The number of ketones is 1. The SMILES string of the molecule is CCN(Cc1ccccc1)c1ccc([C@@H]2C3=C(CCCC3=O)Nc3nc(SC)[nH]c(=O)c32)cc1. The minimum absolute atomic E-state index is 0.112. The molecule has 1 aliphatic heterocycles. The lowest BCUT2D eigenvalue weighted by Crippen LogP contribution is -2.32. The zero-order chi connectivity index (χ0) is 23.7. The van der Waals surface area contributed by atoms with Crippen molar-refractivity contribution >= 4 is 29.1 Å². The molecule has 2 heterocycles. The smallest absolute Gasteiger partial charge is 0.257 e. The molecule has 0 fully saturated rings. The molecule has 2 aliphatic rings. The monoisotopic (exact) mass is 472 g/mol. The molecule has 2 aromatic carbocycles. The number of aromatic nitrogens is 2. The molecule has 0 bridgehead atoms. The fourth-order valence-corrected chi connectivity index (χ4v) is 5.31. The molecule has 0 amide bonds. The maximum atomic E-state index is 13.1. The number of nitrogens with one attached hydrogen (secondary N) is 2. The van der Waals surface area contributed by atoms with E-state index in [9.17, 15) is 9.59 Å². The van der Waals surface area contributed by atoms with Gasteiger partial charge in [-0.25, -0.2) is 4.98 Å². The zero-order valence-corrected chi connectivity index (χ0v) is 20.2. The number of H-pyrrole nitrogens is 1. The van der Waals surface area contributed by atoms with Gasteiger partial charge in [0.25, 0.3) is 5.56 Å². The van der Waals surface area contributed by atoms with Gasteiger partial charge in [0, 0.05) is 42.4 Å². The molecule has 0 saturated carbocycles. The number of rotatable bonds is 6. The number of allylic oxidation sites excluding steroid dienone is 2. The van der Waals surface area contributed by atoms with Gasteiger partial charge in [-0.2, -0.15) is 0 Å². The summed E-state index contributed by atoms with van der Waals surface area (Å²) in [4.78, 5) is 36.0. The fraction of sp³-hybridized carbons (Fsp3) is 0.296. The molecular formula is C27H28N4O2S. The quantitative estimate of drug-likeness (QED) is 0.385. The molecule has 3 aromatic rings. The molecule has 0 saturated heterocycles. The van der Waals surface area contributed by atoms with Crippen LogP contribution in [0, 0.1) is 0 Å². The fourth-order valence-electron chi connectivity index (χ4n) is 4.94. The van der Waals surface area contributed by atoms with Crippen molar-refractivity contribution in [2.24, 2.45) is 0 Å². The number of carbonyl (C=O) groups is 1. The number of nitrogens with zero attached hydrogens (tertiary/aromatic N) is 2. The van der Waals surface area contributed by atoms with Gasteiger partial charge in [0.1, 0.15) is 5.82 Å². The third-order valence-corrected chi connectivity index (χ3v) is 7.20. The van der Waals surface area contributed by atoms with Crippen LogP contribution in [0.25, 0.3) is 0 Å². The van der Waals surface area contributed by atoms with E-state index in [0.29, 0.717) is 28.5 Å². The van der Waals surface area contributed by atoms with E-state index in [2.05, 4.69) is 75.6 Å². The number of benzene rings is 2. The van der Waals surface area contributed by atoms with Crippen molar-refractivity contribution in [2.75, 3.05) is 23.0 Å². The summed E-state index contributed by atoms with van der Waals surface area (Å²) >= 11 is 1.40. The zero-order valence-electron chi connectivity index (χ0n) is 19.4. The van der Waals surface area contributed by atoms with Gasteiger partial charge in [0.15, 0.2) is 10.9 Å². The van der Waals surface area contributed by atoms with E-state index in [4.69, 9.17) is 0 Å². The lowest BCUT2D eigenvalue weighted by molar-refractivity contribution is -0.116. The molecule has 1 atom stereocenters. The van der Waals surface area contributed by atoms with Gasteiger partial charge in [-0.1, -0.05) is 54.2 Å². The number of hydrogen-bond donors (Lipinski definition) is 2. The average Bonchev–Trinajstić information content (AvgIpc) is 2.87. The third-order valence-electron chi connectivity index (χ3n) is 6.62. The Hall–Kier alpha value is -3.32. The Kier molecular flexibility index (Phi) is 6.28. The Labute approximate surface area is 203 Å². The molecule has 0 unspecified atom stereocenters. The first-order valence-corrected chi connectivity index (χ1v) is 12.9. The van der Waals surface area contributed by atoms with Crippen molar-refractivity contribution in [1.82, 2.24) is 9.97 Å². The summed E-state index contributed by atoms with van der Waals surface area (Å²) < 4.78 is 0. The number of thioether (sulfide) groups is 1. The van der Waals surface area contributed by atoms with Crippen molar-refractivity contribution < 1.29 is 4.79 Å². The lowest BCUT2D eigenvalue weighted by Gasteiger charge is -2.33. The van der Waals surface area contributed by atoms with E-state index in [0.717, 1.165) is 42.9 Å². The standard InChI is InChI=1S/C27H28N4O2S/c1-3-31(16-17-8-5-4-6-9-17)19-14-12-18(13-15-19)22-23-20(10-7-11-21(23)32)28-25-24(22)26(33)30-27(29-25)34-2/h4-6,8-9,12-15,22H,3,7,10-11,16H2,1-2H3,(H2,28,29,30,33)/t22-/m1/s1. The van der Waals surface area contributed by atoms with Crippen LogP contribution in [0.4, 0.5) is 11.5 Å². The van der Waals surface area contributed by atoms with E-state index in [1.54, 1.807) is 0 Å². The Morgan fingerprint density at radius 3 is 2.53 bits per heavy atom. The highest BCUT2D eigenvalue weighted by atomic mass is 32.2. The molecule has 2 N–H and O–H groups in total. The number of carbonyl (C=O) groups excluding carboxylic acids is 1. The lowest BCUT2D eigenvalue weighted by atomic mass is 9.76. The molecule has 1 aliphatic carbocycles. The molecule has 1 aromatic heterocycles. The van der Waals surface area contributed by atoms with Crippen molar-refractivity contribution in [3.05, 3.63) is 92.9 Å². The Bertz CT molecular complexity index is 1300. The molecule has 7 heteroatoms. The van der Waals surface area contributed by atoms with Crippen LogP contribution in [-0.2, 0) is 11.3 Å². The molecule has 5 rings (SSSR count). The van der Waals surface area contributed by atoms with Crippen LogP contribution in [0.1, 0.15) is 48.8 Å². The molecule has 174 valence electrons. The largest absolute Gasteiger partial charge is 0.367 e. The van der Waals surface area contributed by atoms with Gasteiger partial charge >= 0.3 is 0 Å². The van der Waals surface area contributed by atoms with Crippen LogP contribution in [0.5, 0.6) is 0 Å². The first kappa shape index (κ1) is 22.5. The predicted octanol–water partition coefficient (Wildman–Crippen LogP) is 5.08. The van der Waals surface area contributed by atoms with E-state index >= 15 is 0 Å². The minimum atomic E-state index is -0.413. The van der Waals surface area contributed by atoms with Gasteiger partial charge in [0.2, 0.25) is 0 Å². The molecule has 34 heavy (non-hydrogen) atoms. The second-order valence-corrected chi connectivity index (χ2v) is 9.45. The maximum Gasteiger partial charge on any atom is 0.257 e. The average molecular weight is 473 g/mol. The van der Waals surface area contributed by atoms with Crippen LogP contribution in [-0.4, -0.2) is 28.6 Å². The van der Waals surface area contributed by atoms with Crippen LogP contribution < -0.4 is 15.8 Å². The summed E-state index contributed by atoms with van der Waals surface area (Å²) in [5.74, 6) is 0.264. The van der Waals surface area contributed by atoms with Crippen molar-refractivity contribution in [3.8, 4) is 0 Å². The number of hydrogen-bond acceptors (Lipinski definition) is 6. The summed E-state index contributed by atoms with van der Waals surface area (Å²) in [7, 11) is 0. The number of aromatic amines is 1. The minimum Gasteiger partial charge on any atom is -0.367 e. The molecule has 6 nitrogen and oxygen atoms in total. The topological polar surface area (TPSA) is 78.1 Å². The third kappa shape index (κ3) is 4.16. The predicted molar refractivity (Wildman–Crippen MR) is 138 cm³/mol. The van der Waals surface area contributed by atoms with E-state index in [-0.39, 0.29) is 11.3 Å². The highest BCUT2D eigenvalue weighted by Gasteiger charge is 2.37. The second-order valence-electron chi connectivity index (χ2n) is 8.66. The molecule has 0 spiro atoms. The summed E-state index contributed by atoms with van der Waals surface area (Å²) in [5, 5.41) is 3.88. The number of anilines is 2. The first-order valence-electron chi connectivity index (χ1n) is 11.7. The van der Waals surface area contributed by atoms with Crippen LogP contribution >= 0.6 is 11.8 Å². The first-order chi connectivity index (χ1) is 16.6. The maximum absolute atomic E-state index is 13.1. The van der Waals surface area contributed by atoms with Crippen LogP contribution in [0.15, 0.2) is 75.8 Å². The Morgan fingerprint density at radius 1 is 1.06 bits per heavy atom. The highest BCUT2D eigenvalue weighted by Crippen LogP contribution is 2.43. The van der Waals surface area contributed by atoms with E-state index in [1.165, 1.54) is 17.3 Å². The summed E-state index contributed by atoms with van der Waals surface area (Å²) in [6.45, 7) is 3.84. The van der Waals surface area contributed by atoms with Crippen LogP contribution in [0.3, 0.4) is 0 Å². The van der Waals surface area contributed by atoms with Gasteiger partial charge < -0.3 is 15.2 Å². The number of fused-ring (bicyclic) bond motifs is 1. The van der Waals surface area contributed by atoms with Gasteiger partial charge in [-0.3, -0.25) is 9.59 Å². The second kappa shape index (κ2) is 9.50.